The molecule has 2 aliphatic rings. The molecule has 1 aliphatic carbocycles. The first-order valence-corrected chi connectivity index (χ1v) is 12.3. The van der Waals surface area contributed by atoms with Crippen molar-refractivity contribution in [3.63, 3.8) is 0 Å². The van der Waals surface area contributed by atoms with Crippen molar-refractivity contribution in [1.29, 1.82) is 0 Å². The van der Waals surface area contributed by atoms with Crippen LogP contribution in [0.15, 0.2) is 42.5 Å². The molecule has 0 aromatic heterocycles. The number of aryl methyl sites for hydroxylation is 1. The van der Waals surface area contributed by atoms with Crippen molar-refractivity contribution in [2.75, 3.05) is 57.9 Å². The van der Waals surface area contributed by atoms with Crippen LogP contribution in [0.25, 0.3) is 0 Å². The van der Waals surface area contributed by atoms with E-state index in [9.17, 15) is 9.59 Å². The lowest BCUT2D eigenvalue weighted by atomic mass is 9.70. The number of benzene rings is 2. The second-order valence-corrected chi connectivity index (χ2v) is 9.55. The molecule has 4 rings (SSSR count). The third kappa shape index (κ3) is 6.39. The zero-order chi connectivity index (χ0) is 24.7. The van der Waals surface area contributed by atoms with Gasteiger partial charge in [-0.1, -0.05) is 12.1 Å². The summed E-state index contributed by atoms with van der Waals surface area (Å²) in [5.74, 6) is 0.302. The van der Waals surface area contributed by atoms with E-state index in [1.54, 1.807) is 17.6 Å². The first-order chi connectivity index (χ1) is 17.0. The summed E-state index contributed by atoms with van der Waals surface area (Å²) in [5, 5.41) is 8.94. The Hall–Kier alpha value is -2.94. The van der Waals surface area contributed by atoms with Gasteiger partial charge in [-0.05, 0) is 61.1 Å². The summed E-state index contributed by atoms with van der Waals surface area (Å²) in [6.07, 6.45) is 3.98. The zero-order valence-electron chi connectivity index (χ0n) is 20.4. The van der Waals surface area contributed by atoms with Crippen LogP contribution in [0.4, 0.5) is 5.69 Å². The molecule has 1 atom stereocenters. The number of carbonyl (C=O) groups is 2. The van der Waals surface area contributed by atoms with Gasteiger partial charge in [0.15, 0.2) is 0 Å². The lowest BCUT2D eigenvalue weighted by Gasteiger charge is -2.35. The lowest BCUT2D eigenvalue weighted by Crippen LogP contribution is -2.38. The minimum Gasteiger partial charge on any atom is -0.492 e. The Morgan fingerprint density at radius 1 is 1.23 bits per heavy atom. The molecular formula is C27H35N3O5. The summed E-state index contributed by atoms with van der Waals surface area (Å²) in [7, 11) is 2.03. The summed E-state index contributed by atoms with van der Waals surface area (Å²) in [4.78, 5) is 28.6. The molecule has 1 amide bonds. The summed E-state index contributed by atoms with van der Waals surface area (Å²) in [5.41, 5.74) is 4.82. The molecular weight excluding hydrogens is 446 g/mol. The van der Waals surface area contributed by atoms with Crippen molar-refractivity contribution < 1.29 is 24.3 Å². The van der Waals surface area contributed by atoms with Crippen LogP contribution in [0.2, 0.25) is 0 Å². The van der Waals surface area contributed by atoms with Crippen molar-refractivity contribution in [2.45, 2.75) is 25.7 Å². The number of hydroxylamine groups is 1. The number of morpholine rings is 1. The maximum Gasteiger partial charge on any atom is 0.274 e. The molecule has 8 heteroatoms. The normalized spacial score (nSPS) is 20.1. The number of nitrogens with zero attached hydrogens (tertiary/aromatic N) is 2. The summed E-state index contributed by atoms with van der Waals surface area (Å²) < 4.78 is 11.4. The molecule has 1 aliphatic heterocycles. The molecule has 2 aromatic carbocycles. The highest BCUT2D eigenvalue weighted by Gasteiger charge is 2.34. The van der Waals surface area contributed by atoms with Crippen LogP contribution in [-0.4, -0.2) is 75.3 Å². The van der Waals surface area contributed by atoms with Gasteiger partial charge in [-0.15, -0.1) is 0 Å². The molecule has 1 saturated heterocycles. The van der Waals surface area contributed by atoms with Crippen molar-refractivity contribution in [3.05, 3.63) is 59.2 Å². The van der Waals surface area contributed by atoms with Crippen LogP contribution >= 0.6 is 0 Å². The monoisotopic (exact) mass is 481 g/mol. The fourth-order valence-electron chi connectivity index (χ4n) is 4.91. The molecule has 8 nitrogen and oxygen atoms in total. The zero-order valence-corrected chi connectivity index (χ0v) is 20.4. The van der Waals surface area contributed by atoms with E-state index in [1.807, 2.05) is 31.3 Å². The summed E-state index contributed by atoms with van der Waals surface area (Å²) in [6, 6.07) is 13.5. The van der Waals surface area contributed by atoms with E-state index < -0.39 is 11.3 Å². The fourth-order valence-corrected chi connectivity index (χ4v) is 4.91. The molecule has 0 spiro atoms. The van der Waals surface area contributed by atoms with E-state index in [0.29, 0.717) is 25.0 Å². The Morgan fingerprint density at radius 3 is 2.83 bits per heavy atom. The van der Waals surface area contributed by atoms with E-state index in [-0.39, 0.29) is 0 Å². The number of rotatable bonds is 10. The van der Waals surface area contributed by atoms with Crippen LogP contribution < -0.4 is 15.1 Å². The number of hydrogen-bond acceptors (Lipinski definition) is 7. The number of amides is 1. The van der Waals surface area contributed by atoms with E-state index in [1.165, 1.54) is 0 Å². The van der Waals surface area contributed by atoms with E-state index in [0.717, 1.165) is 81.1 Å². The van der Waals surface area contributed by atoms with Gasteiger partial charge in [-0.25, -0.2) is 5.48 Å². The first-order valence-electron chi connectivity index (χ1n) is 12.3. The molecule has 2 N–H and O–H groups in total. The van der Waals surface area contributed by atoms with Gasteiger partial charge >= 0.3 is 0 Å². The van der Waals surface area contributed by atoms with Gasteiger partial charge in [0.2, 0.25) is 0 Å². The third-order valence-corrected chi connectivity index (χ3v) is 7.24. The van der Waals surface area contributed by atoms with Crippen molar-refractivity contribution >= 4 is 17.9 Å². The molecule has 1 fully saturated rings. The molecule has 1 heterocycles. The van der Waals surface area contributed by atoms with Gasteiger partial charge in [0, 0.05) is 56.0 Å². The summed E-state index contributed by atoms with van der Waals surface area (Å²) >= 11 is 0. The largest absolute Gasteiger partial charge is 0.492 e. The Balaban J connectivity index is 1.34. The molecule has 0 saturated carbocycles. The number of hydrogen-bond donors (Lipinski definition) is 2. The van der Waals surface area contributed by atoms with Gasteiger partial charge < -0.3 is 19.2 Å². The number of aldehydes is 1. The SMILES string of the molecule is CN(CC[C@@]1(C=O)CCc2ccc(C(=O)NO)cc2C1)c1cccc(OCCN2CCOCC2)c1. The highest BCUT2D eigenvalue weighted by atomic mass is 16.5. The Kier molecular flexibility index (Phi) is 8.38. The van der Waals surface area contributed by atoms with E-state index in [4.69, 9.17) is 14.7 Å². The van der Waals surface area contributed by atoms with Gasteiger partial charge in [0.1, 0.15) is 18.6 Å². The minimum atomic E-state index is -0.540. The first kappa shape index (κ1) is 25.2. The highest BCUT2D eigenvalue weighted by molar-refractivity contribution is 5.93. The van der Waals surface area contributed by atoms with E-state index in [2.05, 4.69) is 15.9 Å². The summed E-state index contributed by atoms with van der Waals surface area (Å²) in [6.45, 7) is 5.71. The second-order valence-electron chi connectivity index (χ2n) is 9.55. The standard InChI is InChI=1S/C27H35N3O5/c1-29(24-3-2-4-25(18-24)35-16-13-30-11-14-34-15-12-30)10-9-27(20-31)8-7-21-5-6-22(26(32)28-33)17-23(21)19-27/h2-6,17-18,20,33H,7-16,19H2,1H3,(H,28,32)/t27-/m0/s1. The Labute approximate surface area is 206 Å². The van der Waals surface area contributed by atoms with Gasteiger partial charge in [-0.2, -0.15) is 0 Å². The second kappa shape index (κ2) is 11.7. The van der Waals surface area contributed by atoms with Gasteiger partial charge in [-0.3, -0.25) is 14.9 Å². The molecule has 35 heavy (non-hydrogen) atoms. The topological polar surface area (TPSA) is 91.3 Å². The Bertz CT molecular complexity index is 1020. The third-order valence-electron chi connectivity index (χ3n) is 7.24. The number of ether oxygens (including phenoxy) is 2. The number of nitrogens with one attached hydrogen (secondary N) is 1. The molecule has 0 unspecified atom stereocenters. The number of anilines is 1. The number of carbonyl (C=O) groups excluding carboxylic acids is 2. The van der Waals surface area contributed by atoms with Crippen LogP contribution in [0.1, 0.15) is 34.3 Å². The average Bonchev–Trinajstić information content (AvgIpc) is 2.91. The van der Waals surface area contributed by atoms with Crippen LogP contribution in [-0.2, 0) is 22.4 Å². The molecule has 0 bridgehead atoms. The van der Waals surface area contributed by atoms with Crippen molar-refractivity contribution in [1.82, 2.24) is 10.4 Å². The minimum absolute atomic E-state index is 0.399. The van der Waals surface area contributed by atoms with Crippen molar-refractivity contribution in [3.8, 4) is 5.75 Å². The van der Waals surface area contributed by atoms with Gasteiger partial charge in [0.25, 0.3) is 5.91 Å². The van der Waals surface area contributed by atoms with Crippen LogP contribution in [0.5, 0.6) is 5.75 Å². The smallest absolute Gasteiger partial charge is 0.274 e. The molecule has 2 aromatic rings. The van der Waals surface area contributed by atoms with E-state index >= 15 is 0 Å². The fraction of sp³-hybridized carbons (Fsp3) is 0.481. The predicted octanol–water partition coefficient (Wildman–Crippen LogP) is 2.72. The maximum atomic E-state index is 12.2. The maximum absolute atomic E-state index is 12.2. The van der Waals surface area contributed by atoms with Crippen LogP contribution in [0, 0.1) is 5.41 Å². The lowest BCUT2D eigenvalue weighted by molar-refractivity contribution is -0.117. The van der Waals surface area contributed by atoms with Crippen LogP contribution in [0.3, 0.4) is 0 Å². The molecule has 188 valence electrons. The number of fused-ring (bicyclic) bond motifs is 1. The Morgan fingerprint density at radius 2 is 2.06 bits per heavy atom. The predicted molar refractivity (Wildman–Crippen MR) is 133 cm³/mol. The van der Waals surface area contributed by atoms with Crippen molar-refractivity contribution in [2.24, 2.45) is 5.41 Å². The highest BCUT2D eigenvalue weighted by Crippen LogP contribution is 2.37. The average molecular weight is 482 g/mol. The quantitative estimate of drug-likeness (QED) is 0.306. The van der Waals surface area contributed by atoms with Gasteiger partial charge in [0.05, 0.1) is 13.2 Å². The molecule has 0 radical (unpaired) electrons.